The van der Waals surface area contributed by atoms with Gasteiger partial charge < -0.3 is 9.47 Å². The van der Waals surface area contributed by atoms with Crippen LogP contribution in [0.15, 0.2) is 12.1 Å². The molecule has 0 aromatic heterocycles. The van der Waals surface area contributed by atoms with Crippen LogP contribution in [0.2, 0.25) is 0 Å². The third-order valence-corrected chi connectivity index (χ3v) is 2.34. The van der Waals surface area contributed by atoms with E-state index in [4.69, 9.17) is 9.47 Å². The lowest BCUT2D eigenvalue weighted by atomic mass is 10.0. The molecule has 0 saturated heterocycles. The van der Waals surface area contributed by atoms with Gasteiger partial charge in [0.15, 0.2) is 11.5 Å². The van der Waals surface area contributed by atoms with Crippen LogP contribution in [0, 0.1) is 0 Å². The second-order valence-electron chi connectivity index (χ2n) is 3.31. The van der Waals surface area contributed by atoms with Crippen molar-refractivity contribution in [3.8, 4) is 11.5 Å². The lowest BCUT2D eigenvalue weighted by molar-refractivity contribution is 0.112. The largest absolute Gasteiger partial charge is 0.454 e. The van der Waals surface area contributed by atoms with E-state index >= 15 is 0 Å². The van der Waals surface area contributed by atoms with Crippen LogP contribution in [0.3, 0.4) is 0 Å². The minimum Gasteiger partial charge on any atom is -0.454 e. The van der Waals surface area contributed by atoms with Crippen LogP contribution in [0.4, 0.5) is 4.39 Å². The number of hydrogen-bond acceptors (Lipinski definition) is 3. The van der Waals surface area contributed by atoms with Crippen molar-refractivity contribution in [1.82, 2.24) is 0 Å². The lowest BCUT2D eigenvalue weighted by Crippen LogP contribution is -1.94. The third-order valence-electron chi connectivity index (χ3n) is 2.34. The zero-order chi connectivity index (χ0) is 10.7. The number of fused-ring (bicyclic) bond motifs is 1. The van der Waals surface area contributed by atoms with Gasteiger partial charge in [-0.3, -0.25) is 9.18 Å². The molecule has 0 atom stereocenters. The monoisotopic (exact) mass is 210 g/mol. The van der Waals surface area contributed by atoms with Crippen LogP contribution in [-0.2, 0) is 6.42 Å². The minimum absolute atomic E-state index is 0.181. The van der Waals surface area contributed by atoms with E-state index in [1.807, 2.05) is 0 Å². The molecule has 80 valence electrons. The molecule has 4 heteroatoms. The van der Waals surface area contributed by atoms with E-state index in [1.54, 1.807) is 12.1 Å². The minimum atomic E-state index is -0.382. The second kappa shape index (κ2) is 4.29. The number of benzene rings is 1. The molecule has 1 heterocycles. The first-order valence-corrected chi connectivity index (χ1v) is 4.79. The number of hydrogen-bond donors (Lipinski definition) is 0. The van der Waals surface area contributed by atoms with E-state index in [0.717, 1.165) is 11.8 Å². The molecular weight excluding hydrogens is 199 g/mol. The van der Waals surface area contributed by atoms with Gasteiger partial charge in [-0.1, -0.05) is 0 Å². The Bertz CT molecular complexity index is 376. The molecule has 0 bridgehead atoms. The summed E-state index contributed by atoms with van der Waals surface area (Å²) >= 11 is 0. The maximum Gasteiger partial charge on any atom is 0.231 e. The molecular formula is C11H11FO3. The first-order valence-electron chi connectivity index (χ1n) is 4.79. The van der Waals surface area contributed by atoms with Gasteiger partial charge in [0.2, 0.25) is 6.79 Å². The van der Waals surface area contributed by atoms with Gasteiger partial charge in [-0.15, -0.1) is 0 Å². The van der Waals surface area contributed by atoms with Crippen molar-refractivity contribution >= 4 is 6.29 Å². The number of aryl methyl sites for hydroxylation is 1. The van der Waals surface area contributed by atoms with E-state index in [2.05, 4.69) is 0 Å². The summed E-state index contributed by atoms with van der Waals surface area (Å²) in [7, 11) is 0. The Balaban J connectivity index is 2.31. The molecule has 0 amide bonds. The summed E-state index contributed by atoms with van der Waals surface area (Å²) in [4.78, 5) is 10.8. The highest BCUT2D eigenvalue weighted by Gasteiger charge is 2.16. The molecule has 0 saturated carbocycles. The predicted molar refractivity (Wildman–Crippen MR) is 52.2 cm³/mol. The first-order chi connectivity index (χ1) is 7.35. The van der Waals surface area contributed by atoms with Crippen molar-refractivity contribution in [3.05, 3.63) is 23.3 Å². The van der Waals surface area contributed by atoms with Gasteiger partial charge in [-0.25, -0.2) is 0 Å². The third kappa shape index (κ3) is 1.93. The Morgan fingerprint density at radius 3 is 2.73 bits per heavy atom. The summed E-state index contributed by atoms with van der Waals surface area (Å²) in [6.07, 6.45) is 1.72. The van der Waals surface area contributed by atoms with Gasteiger partial charge >= 0.3 is 0 Å². The maximum absolute atomic E-state index is 12.0. The second-order valence-corrected chi connectivity index (χ2v) is 3.31. The fraction of sp³-hybridized carbons (Fsp3) is 0.364. The molecule has 0 spiro atoms. The van der Waals surface area contributed by atoms with E-state index < -0.39 is 0 Å². The van der Waals surface area contributed by atoms with Crippen molar-refractivity contribution in [2.24, 2.45) is 0 Å². The standard InChI is InChI=1S/C11H11FO3/c12-3-1-2-8-4-10-11(15-7-14-10)5-9(8)6-13/h4-6H,1-3,7H2. The van der Waals surface area contributed by atoms with Gasteiger partial charge in [0, 0.05) is 5.56 Å². The van der Waals surface area contributed by atoms with Crippen LogP contribution in [0.1, 0.15) is 22.3 Å². The number of aldehydes is 1. The fourth-order valence-corrected chi connectivity index (χ4v) is 1.58. The van der Waals surface area contributed by atoms with E-state index in [1.165, 1.54) is 0 Å². The molecule has 1 aliphatic heterocycles. The molecule has 0 aliphatic carbocycles. The number of halogens is 1. The zero-order valence-corrected chi connectivity index (χ0v) is 8.16. The Kier molecular flexibility index (Phi) is 2.85. The Labute approximate surface area is 86.8 Å². The van der Waals surface area contributed by atoms with Crippen molar-refractivity contribution < 1.29 is 18.7 Å². The topological polar surface area (TPSA) is 35.5 Å². The highest BCUT2D eigenvalue weighted by atomic mass is 19.1. The average molecular weight is 210 g/mol. The average Bonchev–Trinajstić information content (AvgIpc) is 2.71. The van der Waals surface area contributed by atoms with E-state index in [0.29, 0.717) is 29.9 Å². The summed E-state index contributed by atoms with van der Waals surface area (Å²) < 4.78 is 22.4. The molecule has 15 heavy (non-hydrogen) atoms. The quantitative estimate of drug-likeness (QED) is 0.714. The van der Waals surface area contributed by atoms with E-state index in [-0.39, 0.29) is 13.5 Å². The Morgan fingerprint density at radius 2 is 2.07 bits per heavy atom. The maximum atomic E-state index is 12.0. The summed E-state index contributed by atoms with van der Waals surface area (Å²) in [6, 6.07) is 3.39. The fourth-order valence-electron chi connectivity index (χ4n) is 1.58. The van der Waals surface area contributed by atoms with Crippen LogP contribution < -0.4 is 9.47 Å². The Hall–Kier alpha value is -1.58. The first kappa shape index (κ1) is 9.96. The number of ether oxygens (including phenoxy) is 2. The number of alkyl halides is 1. The lowest BCUT2D eigenvalue weighted by Gasteiger charge is -2.05. The summed E-state index contributed by atoms with van der Waals surface area (Å²) in [5, 5.41) is 0. The molecule has 1 aliphatic rings. The van der Waals surface area contributed by atoms with Gasteiger partial charge in [-0.05, 0) is 30.5 Å². The van der Waals surface area contributed by atoms with Crippen molar-refractivity contribution in [1.29, 1.82) is 0 Å². The van der Waals surface area contributed by atoms with Crippen molar-refractivity contribution in [2.45, 2.75) is 12.8 Å². The summed E-state index contributed by atoms with van der Waals surface area (Å²) in [5.41, 5.74) is 1.36. The molecule has 3 nitrogen and oxygen atoms in total. The summed E-state index contributed by atoms with van der Waals surface area (Å²) in [6.45, 7) is -0.201. The van der Waals surface area contributed by atoms with Gasteiger partial charge in [0.1, 0.15) is 6.29 Å². The number of carbonyl (C=O) groups excluding carboxylic acids is 1. The Morgan fingerprint density at radius 1 is 1.33 bits per heavy atom. The van der Waals surface area contributed by atoms with Crippen LogP contribution in [-0.4, -0.2) is 19.8 Å². The van der Waals surface area contributed by atoms with Crippen molar-refractivity contribution in [3.63, 3.8) is 0 Å². The van der Waals surface area contributed by atoms with Gasteiger partial charge in [0.25, 0.3) is 0 Å². The molecule has 0 radical (unpaired) electrons. The molecule has 1 aromatic carbocycles. The smallest absolute Gasteiger partial charge is 0.231 e. The van der Waals surface area contributed by atoms with E-state index in [9.17, 15) is 9.18 Å². The van der Waals surface area contributed by atoms with Gasteiger partial charge in [-0.2, -0.15) is 0 Å². The van der Waals surface area contributed by atoms with Crippen LogP contribution in [0.5, 0.6) is 11.5 Å². The number of rotatable bonds is 4. The molecule has 0 fully saturated rings. The van der Waals surface area contributed by atoms with Gasteiger partial charge in [0.05, 0.1) is 6.67 Å². The zero-order valence-electron chi connectivity index (χ0n) is 8.16. The molecule has 0 N–H and O–H groups in total. The number of carbonyl (C=O) groups is 1. The summed E-state index contributed by atoms with van der Waals surface area (Å²) in [5.74, 6) is 1.22. The van der Waals surface area contributed by atoms with Crippen LogP contribution >= 0.6 is 0 Å². The SMILES string of the molecule is O=Cc1cc2c(cc1CCCF)OCO2. The highest BCUT2D eigenvalue weighted by Crippen LogP contribution is 2.34. The molecule has 2 rings (SSSR count). The normalized spacial score (nSPS) is 12.9. The molecule has 1 aromatic rings. The highest BCUT2D eigenvalue weighted by molar-refractivity contribution is 5.79. The predicted octanol–water partition coefficient (Wildman–Crippen LogP) is 2.13. The molecule has 0 unspecified atom stereocenters. The van der Waals surface area contributed by atoms with Crippen molar-refractivity contribution in [2.75, 3.05) is 13.5 Å². The van der Waals surface area contributed by atoms with Crippen LogP contribution in [0.25, 0.3) is 0 Å².